The highest BCUT2D eigenvalue weighted by atomic mass is 19.3. The number of hydrogen-bond donors (Lipinski definition) is 1. The SMILES string of the molecule is CCCC1NC(=O)CN(CC(F)(F)C(F)F)C1=O. The summed E-state index contributed by atoms with van der Waals surface area (Å²) in [5.74, 6) is -5.65. The second-order valence-electron chi connectivity index (χ2n) is 4.16. The molecule has 1 N–H and O–H groups in total. The molecule has 1 aliphatic rings. The number of halogens is 4. The van der Waals surface area contributed by atoms with Gasteiger partial charge in [0.2, 0.25) is 11.8 Å². The van der Waals surface area contributed by atoms with Gasteiger partial charge in [-0.15, -0.1) is 0 Å². The Kier molecular flexibility index (Phi) is 4.53. The number of alkyl halides is 4. The predicted octanol–water partition coefficient (Wildman–Crippen LogP) is 1.01. The molecular formula is C10H14F4N2O2. The Labute approximate surface area is 101 Å². The first-order valence-corrected chi connectivity index (χ1v) is 5.52. The molecule has 1 heterocycles. The number of nitrogens with one attached hydrogen (secondary N) is 1. The molecule has 0 aromatic heterocycles. The highest BCUT2D eigenvalue weighted by Gasteiger charge is 2.45. The van der Waals surface area contributed by atoms with Crippen LogP contribution in [0.25, 0.3) is 0 Å². The lowest BCUT2D eigenvalue weighted by Gasteiger charge is -2.34. The summed E-state index contributed by atoms with van der Waals surface area (Å²) >= 11 is 0. The van der Waals surface area contributed by atoms with Gasteiger partial charge >= 0.3 is 12.3 Å². The fraction of sp³-hybridized carbons (Fsp3) is 0.800. The van der Waals surface area contributed by atoms with Gasteiger partial charge < -0.3 is 10.2 Å². The molecule has 1 saturated heterocycles. The van der Waals surface area contributed by atoms with Crippen molar-refractivity contribution in [2.75, 3.05) is 13.1 Å². The van der Waals surface area contributed by atoms with Crippen molar-refractivity contribution in [3.8, 4) is 0 Å². The first kappa shape index (κ1) is 14.7. The van der Waals surface area contributed by atoms with E-state index >= 15 is 0 Å². The monoisotopic (exact) mass is 270 g/mol. The Balaban J connectivity index is 2.75. The van der Waals surface area contributed by atoms with Crippen LogP contribution in [0.3, 0.4) is 0 Å². The Morgan fingerprint density at radius 2 is 2.06 bits per heavy atom. The van der Waals surface area contributed by atoms with Crippen LogP contribution in [0.1, 0.15) is 19.8 Å². The van der Waals surface area contributed by atoms with Crippen molar-refractivity contribution >= 4 is 11.8 Å². The minimum atomic E-state index is -4.30. The minimum absolute atomic E-state index is 0.293. The second-order valence-corrected chi connectivity index (χ2v) is 4.16. The summed E-state index contributed by atoms with van der Waals surface area (Å²) in [6.07, 6.45) is -3.00. The zero-order valence-electron chi connectivity index (χ0n) is 9.76. The summed E-state index contributed by atoms with van der Waals surface area (Å²) in [6.45, 7) is -0.287. The van der Waals surface area contributed by atoms with Crippen LogP contribution < -0.4 is 5.32 Å². The summed E-state index contributed by atoms with van der Waals surface area (Å²) in [7, 11) is 0. The third-order valence-electron chi connectivity index (χ3n) is 2.58. The summed E-state index contributed by atoms with van der Waals surface area (Å²) in [6, 6.07) is -0.898. The van der Waals surface area contributed by atoms with E-state index in [1.165, 1.54) is 0 Å². The van der Waals surface area contributed by atoms with Crippen molar-refractivity contribution < 1.29 is 27.2 Å². The number of rotatable bonds is 5. The molecule has 1 atom stereocenters. The molecule has 104 valence electrons. The standard InChI is InChI=1S/C10H14F4N2O2/c1-2-3-6-8(18)16(4-7(17)15-6)5-10(13,14)9(11)12/h6,9H,2-5H2,1H3,(H,15,17). The van der Waals surface area contributed by atoms with Crippen molar-refractivity contribution in [2.45, 2.75) is 38.2 Å². The molecule has 0 aliphatic carbocycles. The zero-order valence-corrected chi connectivity index (χ0v) is 9.76. The molecule has 8 heteroatoms. The molecule has 1 unspecified atom stereocenters. The van der Waals surface area contributed by atoms with Crippen molar-refractivity contribution in [1.29, 1.82) is 0 Å². The molecule has 0 saturated carbocycles. The van der Waals surface area contributed by atoms with Crippen LogP contribution in [0.5, 0.6) is 0 Å². The number of hydrogen-bond acceptors (Lipinski definition) is 2. The van der Waals surface area contributed by atoms with Gasteiger partial charge in [0.05, 0.1) is 13.1 Å². The minimum Gasteiger partial charge on any atom is -0.343 e. The lowest BCUT2D eigenvalue weighted by Crippen LogP contribution is -2.60. The van der Waals surface area contributed by atoms with E-state index in [0.717, 1.165) is 0 Å². The van der Waals surface area contributed by atoms with Crippen molar-refractivity contribution in [3.63, 3.8) is 0 Å². The number of piperazine rings is 1. The van der Waals surface area contributed by atoms with Gasteiger partial charge in [0, 0.05) is 0 Å². The van der Waals surface area contributed by atoms with E-state index in [2.05, 4.69) is 5.32 Å². The fourth-order valence-corrected chi connectivity index (χ4v) is 1.71. The fourth-order valence-electron chi connectivity index (χ4n) is 1.71. The van der Waals surface area contributed by atoms with E-state index in [1.54, 1.807) is 6.92 Å². The summed E-state index contributed by atoms with van der Waals surface area (Å²) < 4.78 is 49.8. The van der Waals surface area contributed by atoms with Gasteiger partial charge in [-0.3, -0.25) is 9.59 Å². The molecule has 0 aromatic carbocycles. The first-order valence-electron chi connectivity index (χ1n) is 5.52. The van der Waals surface area contributed by atoms with Crippen LogP contribution >= 0.6 is 0 Å². The van der Waals surface area contributed by atoms with Gasteiger partial charge in [-0.25, -0.2) is 8.78 Å². The van der Waals surface area contributed by atoms with Gasteiger partial charge in [-0.1, -0.05) is 13.3 Å². The molecule has 1 rings (SSSR count). The van der Waals surface area contributed by atoms with E-state index in [4.69, 9.17) is 0 Å². The van der Waals surface area contributed by atoms with Gasteiger partial charge in [0.25, 0.3) is 0 Å². The summed E-state index contributed by atoms with van der Waals surface area (Å²) in [4.78, 5) is 23.4. The molecule has 4 nitrogen and oxygen atoms in total. The first-order chi connectivity index (χ1) is 8.27. The number of amides is 2. The lowest BCUT2D eigenvalue weighted by atomic mass is 10.1. The largest absolute Gasteiger partial charge is 0.343 e. The topological polar surface area (TPSA) is 49.4 Å². The van der Waals surface area contributed by atoms with Crippen LogP contribution in [-0.2, 0) is 9.59 Å². The van der Waals surface area contributed by atoms with Crippen LogP contribution in [0.15, 0.2) is 0 Å². The van der Waals surface area contributed by atoms with E-state index in [9.17, 15) is 27.2 Å². The van der Waals surface area contributed by atoms with E-state index < -0.39 is 43.3 Å². The number of carbonyl (C=O) groups is 2. The molecule has 2 amide bonds. The van der Waals surface area contributed by atoms with Crippen LogP contribution in [0.2, 0.25) is 0 Å². The van der Waals surface area contributed by atoms with E-state index in [0.29, 0.717) is 17.7 Å². The maximum atomic E-state index is 12.9. The maximum absolute atomic E-state index is 12.9. The zero-order chi connectivity index (χ0) is 13.9. The van der Waals surface area contributed by atoms with Crippen LogP contribution in [0.4, 0.5) is 17.6 Å². The molecule has 0 spiro atoms. The molecule has 1 aliphatic heterocycles. The Hall–Kier alpha value is -1.34. The maximum Gasteiger partial charge on any atom is 0.324 e. The normalized spacial score (nSPS) is 21.4. The molecule has 1 fully saturated rings. The van der Waals surface area contributed by atoms with Crippen LogP contribution in [-0.4, -0.2) is 48.2 Å². The molecule has 0 aromatic rings. The molecule has 18 heavy (non-hydrogen) atoms. The van der Waals surface area contributed by atoms with Crippen molar-refractivity contribution in [1.82, 2.24) is 10.2 Å². The Morgan fingerprint density at radius 1 is 1.44 bits per heavy atom. The lowest BCUT2D eigenvalue weighted by molar-refractivity contribution is -0.164. The third kappa shape index (κ3) is 3.33. The van der Waals surface area contributed by atoms with Crippen molar-refractivity contribution in [2.24, 2.45) is 0 Å². The third-order valence-corrected chi connectivity index (χ3v) is 2.58. The highest BCUT2D eigenvalue weighted by molar-refractivity contribution is 5.94. The highest BCUT2D eigenvalue weighted by Crippen LogP contribution is 2.25. The Morgan fingerprint density at radius 3 is 2.56 bits per heavy atom. The molecule has 0 bridgehead atoms. The average molecular weight is 270 g/mol. The summed E-state index contributed by atoms with van der Waals surface area (Å²) in [5.41, 5.74) is 0. The van der Waals surface area contributed by atoms with Gasteiger partial charge in [0.1, 0.15) is 6.04 Å². The van der Waals surface area contributed by atoms with Gasteiger partial charge in [-0.05, 0) is 6.42 Å². The van der Waals surface area contributed by atoms with Gasteiger partial charge in [0.15, 0.2) is 0 Å². The Bertz CT molecular complexity index is 336. The average Bonchev–Trinajstić information content (AvgIpc) is 2.24. The quantitative estimate of drug-likeness (QED) is 0.758. The predicted molar refractivity (Wildman–Crippen MR) is 54.4 cm³/mol. The molecule has 0 radical (unpaired) electrons. The van der Waals surface area contributed by atoms with E-state index in [1.807, 2.05) is 0 Å². The van der Waals surface area contributed by atoms with Gasteiger partial charge in [-0.2, -0.15) is 8.78 Å². The number of nitrogens with zero attached hydrogens (tertiary/aromatic N) is 1. The summed E-state index contributed by atoms with van der Waals surface area (Å²) in [5, 5.41) is 2.35. The molecular weight excluding hydrogens is 256 g/mol. The van der Waals surface area contributed by atoms with Crippen LogP contribution in [0, 0.1) is 0 Å². The number of carbonyl (C=O) groups excluding carboxylic acids is 2. The smallest absolute Gasteiger partial charge is 0.324 e. The van der Waals surface area contributed by atoms with Crippen molar-refractivity contribution in [3.05, 3.63) is 0 Å². The second kappa shape index (κ2) is 5.53. The van der Waals surface area contributed by atoms with E-state index in [-0.39, 0.29) is 0 Å².